The average molecular weight is 327 g/mol. The molecule has 1 aromatic heterocycles. The molecule has 0 atom stereocenters. The zero-order valence-electron chi connectivity index (χ0n) is 14.0. The summed E-state index contributed by atoms with van der Waals surface area (Å²) in [5.74, 6) is 0.867. The fraction of sp³-hybridized carbons (Fsp3) is 0.389. The van der Waals surface area contributed by atoms with Crippen LogP contribution in [0.1, 0.15) is 36.3 Å². The van der Waals surface area contributed by atoms with Gasteiger partial charge in [-0.1, -0.05) is 5.16 Å². The second-order valence-corrected chi connectivity index (χ2v) is 6.05. The smallest absolute Gasteiger partial charge is 0.227 e. The van der Waals surface area contributed by atoms with Gasteiger partial charge in [-0.05, 0) is 51.0 Å². The summed E-state index contributed by atoms with van der Waals surface area (Å²) in [5, 5.41) is 6.77. The average Bonchev–Trinajstić information content (AvgIpc) is 3.12. The van der Waals surface area contributed by atoms with E-state index in [0.717, 1.165) is 41.4 Å². The number of carbonyl (C=O) groups excluding carboxylic acids is 2. The van der Waals surface area contributed by atoms with Gasteiger partial charge in [0.2, 0.25) is 11.8 Å². The van der Waals surface area contributed by atoms with Crippen LogP contribution in [0, 0.1) is 13.8 Å². The second kappa shape index (κ2) is 6.86. The van der Waals surface area contributed by atoms with Gasteiger partial charge in [-0.2, -0.15) is 0 Å². The van der Waals surface area contributed by atoms with Crippen LogP contribution in [-0.4, -0.2) is 23.5 Å². The molecule has 6 nitrogen and oxygen atoms in total. The number of rotatable bonds is 5. The molecule has 1 aromatic carbocycles. The number of aryl methyl sites for hydroxylation is 2. The number of nitrogens with one attached hydrogen (secondary N) is 1. The maximum absolute atomic E-state index is 12.1. The normalized spacial score (nSPS) is 14.2. The lowest BCUT2D eigenvalue weighted by molar-refractivity contribution is -0.117. The monoisotopic (exact) mass is 327 g/mol. The molecule has 24 heavy (non-hydrogen) atoms. The number of hydrogen-bond acceptors (Lipinski definition) is 4. The largest absolute Gasteiger partial charge is 0.361 e. The Labute approximate surface area is 140 Å². The van der Waals surface area contributed by atoms with Crippen LogP contribution in [0.3, 0.4) is 0 Å². The van der Waals surface area contributed by atoms with E-state index >= 15 is 0 Å². The lowest BCUT2D eigenvalue weighted by atomic mass is 10.1. The van der Waals surface area contributed by atoms with E-state index in [-0.39, 0.29) is 11.8 Å². The van der Waals surface area contributed by atoms with E-state index in [1.165, 1.54) is 0 Å². The maximum atomic E-state index is 12.1. The third kappa shape index (κ3) is 3.48. The molecule has 0 saturated carbocycles. The molecule has 0 spiro atoms. The van der Waals surface area contributed by atoms with Crippen molar-refractivity contribution < 1.29 is 14.1 Å². The Morgan fingerprint density at radius 1 is 1.29 bits per heavy atom. The van der Waals surface area contributed by atoms with Crippen molar-refractivity contribution in [2.75, 3.05) is 16.8 Å². The fourth-order valence-corrected chi connectivity index (χ4v) is 2.97. The number of benzene rings is 1. The summed E-state index contributed by atoms with van der Waals surface area (Å²) in [4.78, 5) is 25.6. The summed E-state index contributed by atoms with van der Waals surface area (Å²) in [6.07, 6.45) is 2.49. The standard InChI is InChI=1S/C18H21N3O3/c1-12-16(13(2)24-20-12)9-10-17(22)19-14-5-7-15(8-6-14)21-11-3-4-18(21)23/h5-8H,3-4,9-11H2,1-2H3,(H,19,22). The Hall–Kier alpha value is -2.63. The zero-order valence-corrected chi connectivity index (χ0v) is 14.0. The molecule has 2 amide bonds. The molecule has 0 unspecified atom stereocenters. The van der Waals surface area contributed by atoms with Crippen LogP contribution in [0.5, 0.6) is 0 Å². The highest BCUT2D eigenvalue weighted by molar-refractivity contribution is 5.96. The van der Waals surface area contributed by atoms with Crippen LogP contribution in [0.15, 0.2) is 28.8 Å². The highest BCUT2D eigenvalue weighted by Crippen LogP contribution is 2.23. The molecule has 2 aromatic rings. The zero-order chi connectivity index (χ0) is 17.1. The predicted molar refractivity (Wildman–Crippen MR) is 91.0 cm³/mol. The van der Waals surface area contributed by atoms with E-state index in [2.05, 4.69) is 10.5 Å². The molecule has 0 aliphatic carbocycles. The van der Waals surface area contributed by atoms with Gasteiger partial charge in [-0.25, -0.2) is 0 Å². The van der Waals surface area contributed by atoms with Crippen molar-refractivity contribution >= 4 is 23.2 Å². The Morgan fingerprint density at radius 3 is 2.62 bits per heavy atom. The molecule has 0 bridgehead atoms. The molecule has 1 N–H and O–H groups in total. The van der Waals surface area contributed by atoms with Crippen LogP contribution in [0.25, 0.3) is 0 Å². The van der Waals surface area contributed by atoms with E-state index in [0.29, 0.717) is 19.3 Å². The highest BCUT2D eigenvalue weighted by Gasteiger charge is 2.21. The Kier molecular flexibility index (Phi) is 4.64. The van der Waals surface area contributed by atoms with Crippen molar-refractivity contribution in [1.82, 2.24) is 5.16 Å². The van der Waals surface area contributed by atoms with Crippen LogP contribution in [-0.2, 0) is 16.0 Å². The lowest BCUT2D eigenvalue weighted by Crippen LogP contribution is -2.23. The van der Waals surface area contributed by atoms with Crippen LogP contribution in [0.2, 0.25) is 0 Å². The third-order valence-corrected chi connectivity index (χ3v) is 4.32. The van der Waals surface area contributed by atoms with E-state index in [9.17, 15) is 9.59 Å². The Balaban J connectivity index is 1.56. The number of aromatic nitrogens is 1. The predicted octanol–water partition coefficient (Wildman–Crippen LogP) is 2.99. The molecule has 1 fully saturated rings. The SMILES string of the molecule is Cc1noc(C)c1CCC(=O)Nc1ccc(N2CCCC2=O)cc1. The van der Waals surface area contributed by atoms with E-state index < -0.39 is 0 Å². The van der Waals surface area contributed by atoms with E-state index in [4.69, 9.17) is 4.52 Å². The van der Waals surface area contributed by atoms with Crippen molar-refractivity contribution in [3.63, 3.8) is 0 Å². The summed E-state index contributed by atoms with van der Waals surface area (Å²) >= 11 is 0. The van der Waals surface area contributed by atoms with Gasteiger partial charge in [0.15, 0.2) is 0 Å². The molecule has 2 heterocycles. The summed E-state index contributed by atoms with van der Waals surface area (Å²) in [5.41, 5.74) is 3.44. The number of hydrogen-bond donors (Lipinski definition) is 1. The van der Waals surface area contributed by atoms with Gasteiger partial charge >= 0.3 is 0 Å². The molecule has 1 saturated heterocycles. The minimum absolute atomic E-state index is 0.0556. The maximum Gasteiger partial charge on any atom is 0.227 e. The van der Waals surface area contributed by atoms with Crippen LogP contribution < -0.4 is 10.2 Å². The van der Waals surface area contributed by atoms with Crippen LogP contribution in [0.4, 0.5) is 11.4 Å². The number of carbonyl (C=O) groups is 2. The number of anilines is 2. The van der Waals surface area contributed by atoms with Gasteiger partial charge in [0.05, 0.1) is 5.69 Å². The summed E-state index contributed by atoms with van der Waals surface area (Å²) in [6.45, 7) is 4.50. The van der Waals surface area contributed by atoms with Crippen molar-refractivity contribution in [2.45, 2.75) is 39.5 Å². The first-order valence-electron chi connectivity index (χ1n) is 8.16. The van der Waals surface area contributed by atoms with Crippen molar-refractivity contribution in [1.29, 1.82) is 0 Å². The summed E-state index contributed by atoms with van der Waals surface area (Å²) < 4.78 is 5.10. The molecule has 6 heteroatoms. The lowest BCUT2D eigenvalue weighted by Gasteiger charge is -2.16. The van der Waals surface area contributed by atoms with Gasteiger partial charge < -0.3 is 14.7 Å². The summed E-state index contributed by atoms with van der Waals surface area (Å²) in [6, 6.07) is 7.39. The second-order valence-electron chi connectivity index (χ2n) is 6.05. The minimum atomic E-state index is -0.0556. The summed E-state index contributed by atoms with van der Waals surface area (Å²) in [7, 11) is 0. The van der Waals surface area contributed by atoms with Gasteiger partial charge in [0.25, 0.3) is 0 Å². The first-order valence-corrected chi connectivity index (χ1v) is 8.16. The van der Waals surface area contributed by atoms with E-state index in [1.54, 1.807) is 4.90 Å². The number of nitrogens with zero attached hydrogens (tertiary/aromatic N) is 2. The Bertz CT molecular complexity index is 730. The first-order chi connectivity index (χ1) is 11.5. The molecular weight excluding hydrogens is 306 g/mol. The first kappa shape index (κ1) is 16.2. The fourth-order valence-electron chi connectivity index (χ4n) is 2.97. The molecule has 1 aliphatic heterocycles. The van der Waals surface area contributed by atoms with Gasteiger partial charge in [0, 0.05) is 36.3 Å². The molecule has 0 radical (unpaired) electrons. The van der Waals surface area contributed by atoms with E-state index in [1.807, 2.05) is 38.1 Å². The van der Waals surface area contributed by atoms with Crippen molar-refractivity contribution in [3.05, 3.63) is 41.3 Å². The highest BCUT2D eigenvalue weighted by atomic mass is 16.5. The quantitative estimate of drug-likeness (QED) is 0.916. The number of amides is 2. The third-order valence-electron chi connectivity index (χ3n) is 4.32. The van der Waals surface area contributed by atoms with Crippen molar-refractivity contribution in [2.24, 2.45) is 0 Å². The van der Waals surface area contributed by atoms with Crippen molar-refractivity contribution in [3.8, 4) is 0 Å². The van der Waals surface area contributed by atoms with Gasteiger partial charge in [-0.3, -0.25) is 9.59 Å². The molecule has 1 aliphatic rings. The minimum Gasteiger partial charge on any atom is -0.361 e. The van der Waals surface area contributed by atoms with Crippen LogP contribution >= 0.6 is 0 Å². The van der Waals surface area contributed by atoms with Gasteiger partial charge in [-0.15, -0.1) is 0 Å². The molecular formula is C18H21N3O3. The molecule has 3 rings (SSSR count). The topological polar surface area (TPSA) is 75.4 Å². The van der Waals surface area contributed by atoms with Gasteiger partial charge in [0.1, 0.15) is 5.76 Å². The molecule has 126 valence electrons. The Morgan fingerprint density at radius 2 is 2.04 bits per heavy atom.